The number of carbonyl (C=O) groups excluding carboxylic acids is 2. The Hall–Kier alpha value is -1.14. The molecule has 1 heterocycles. The Morgan fingerprint density at radius 3 is 2.53 bits per heavy atom. The number of ether oxygens (including phenoxy) is 1. The highest BCUT2D eigenvalue weighted by Crippen LogP contribution is 2.15. The molecule has 0 aliphatic carbocycles. The Bertz CT molecular complexity index is 314. The summed E-state index contributed by atoms with van der Waals surface area (Å²) in [5.41, 5.74) is 5.62. The molecule has 1 amide bonds. The molecule has 1 rings (SSSR count). The third-order valence-corrected chi connectivity index (χ3v) is 3.80. The van der Waals surface area contributed by atoms with Crippen molar-refractivity contribution >= 4 is 11.9 Å². The van der Waals surface area contributed by atoms with Crippen molar-refractivity contribution in [3.8, 4) is 0 Å². The van der Waals surface area contributed by atoms with Crippen LogP contribution < -0.4 is 5.73 Å². The van der Waals surface area contributed by atoms with E-state index in [0.29, 0.717) is 18.9 Å². The Labute approximate surface area is 114 Å². The molecule has 0 bridgehead atoms. The second kappa shape index (κ2) is 7.45. The molecular formula is C13H25N3O3. The number of methoxy groups -OCH3 is 1. The van der Waals surface area contributed by atoms with E-state index >= 15 is 0 Å². The van der Waals surface area contributed by atoms with Gasteiger partial charge in [-0.1, -0.05) is 0 Å². The molecule has 1 fully saturated rings. The van der Waals surface area contributed by atoms with Crippen molar-refractivity contribution < 1.29 is 14.3 Å². The normalized spacial score (nSPS) is 18.9. The number of likely N-dealkylation sites (tertiary alicyclic amines) is 1. The predicted octanol–water partition coefficient (Wildman–Crippen LogP) is -0.180. The lowest BCUT2D eigenvalue weighted by Gasteiger charge is -2.35. The lowest BCUT2D eigenvalue weighted by Crippen LogP contribution is -2.45. The topological polar surface area (TPSA) is 75.9 Å². The first-order valence-corrected chi connectivity index (χ1v) is 6.73. The molecule has 0 spiro atoms. The molecule has 1 unspecified atom stereocenters. The summed E-state index contributed by atoms with van der Waals surface area (Å²) < 4.78 is 4.54. The van der Waals surface area contributed by atoms with E-state index in [1.54, 1.807) is 4.90 Å². The van der Waals surface area contributed by atoms with Gasteiger partial charge in [0, 0.05) is 19.5 Å². The summed E-state index contributed by atoms with van der Waals surface area (Å²) in [7, 11) is 5.23. The van der Waals surface area contributed by atoms with Crippen LogP contribution in [0.2, 0.25) is 0 Å². The standard InChI is InChI=1S/C13H25N3O3/c1-15-8-6-10(7-9-15)16(2)12(17)5-4-11(14)13(18)19-3/h10-11H,4-9,14H2,1-3H3. The maximum Gasteiger partial charge on any atom is 0.322 e. The number of carbonyl (C=O) groups is 2. The van der Waals surface area contributed by atoms with E-state index in [2.05, 4.69) is 16.7 Å². The third-order valence-electron chi connectivity index (χ3n) is 3.80. The highest BCUT2D eigenvalue weighted by molar-refractivity contribution is 5.79. The number of amides is 1. The first kappa shape index (κ1) is 15.9. The van der Waals surface area contributed by atoms with Crippen LogP contribution in [0.4, 0.5) is 0 Å². The molecule has 1 saturated heterocycles. The van der Waals surface area contributed by atoms with E-state index in [0.717, 1.165) is 25.9 Å². The second-order valence-electron chi connectivity index (χ2n) is 5.21. The summed E-state index contributed by atoms with van der Waals surface area (Å²) in [6.07, 6.45) is 2.63. The number of piperidine rings is 1. The van der Waals surface area contributed by atoms with Crippen molar-refractivity contribution in [2.24, 2.45) is 5.73 Å². The van der Waals surface area contributed by atoms with Gasteiger partial charge in [0.1, 0.15) is 6.04 Å². The number of hydrogen-bond acceptors (Lipinski definition) is 5. The van der Waals surface area contributed by atoms with Crippen molar-refractivity contribution in [1.29, 1.82) is 0 Å². The van der Waals surface area contributed by atoms with Gasteiger partial charge in [0.2, 0.25) is 5.91 Å². The van der Waals surface area contributed by atoms with Gasteiger partial charge in [-0.3, -0.25) is 9.59 Å². The van der Waals surface area contributed by atoms with E-state index in [4.69, 9.17) is 5.73 Å². The third kappa shape index (κ3) is 4.80. The molecule has 0 saturated carbocycles. The molecule has 1 aliphatic heterocycles. The number of esters is 1. The summed E-state index contributed by atoms with van der Waals surface area (Å²) in [5, 5.41) is 0. The first-order valence-electron chi connectivity index (χ1n) is 6.73. The maximum absolute atomic E-state index is 12.0. The average molecular weight is 271 g/mol. The summed E-state index contributed by atoms with van der Waals surface area (Å²) in [6.45, 7) is 2.04. The van der Waals surface area contributed by atoms with Crippen molar-refractivity contribution in [3.63, 3.8) is 0 Å². The number of nitrogens with zero attached hydrogens (tertiary/aromatic N) is 2. The minimum Gasteiger partial charge on any atom is -0.468 e. The quantitative estimate of drug-likeness (QED) is 0.702. The minimum absolute atomic E-state index is 0.0499. The molecule has 110 valence electrons. The highest BCUT2D eigenvalue weighted by Gasteiger charge is 2.24. The highest BCUT2D eigenvalue weighted by atomic mass is 16.5. The molecule has 0 aromatic rings. The van der Waals surface area contributed by atoms with Gasteiger partial charge in [0.05, 0.1) is 7.11 Å². The predicted molar refractivity (Wildman–Crippen MR) is 72.5 cm³/mol. The van der Waals surface area contributed by atoms with Crippen LogP contribution >= 0.6 is 0 Å². The average Bonchev–Trinajstić information content (AvgIpc) is 2.43. The molecule has 6 heteroatoms. The molecule has 0 aromatic heterocycles. The van der Waals surface area contributed by atoms with E-state index in [9.17, 15) is 9.59 Å². The zero-order chi connectivity index (χ0) is 14.4. The van der Waals surface area contributed by atoms with Gasteiger partial charge in [0.25, 0.3) is 0 Å². The summed E-state index contributed by atoms with van der Waals surface area (Å²) >= 11 is 0. The monoisotopic (exact) mass is 271 g/mol. The molecule has 1 atom stereocenters. The zero-order valence-electron chi connectivity index (χ0n) is 12.1. The van der Waals surface area contributed by atoms with E-state index in [-0.39, 0.29) is 5.91 Å². The van der Waals surface area contributed by atoms with Crippen LogP contribution in [-0.4, -0.2) is 68.1 Å². The molecule has 19 heavy (non-hydrogen) atoms. The minimum atomic E-state index is -0.708. The first-order chi connectivity index (χ1) is 8.95. The van der Waals surface area contributed by atoms with Crippen molar-refractivity contribution in [2.75, 3.05) is 34.3 Å². The smallest absolute Gasteiger partial charge is 0.322 e. The molecule has 6 nitrogen and oxygen atoms in total. The van der Waals surface area contributed by atoms with E-state index in [1.165, 1.54) is 7.11 Å². The maximum atomic E-state index is 12.0. The van der Waals surface area contributed by atoms with Gasteiger partial charge in [-0.2, -0.15) is 0 Å². The molecule has 0 aromatic carbocycles. The molecule has 2 N–H and O–H groups in total. The van der Waals surface area contributed by atoms with Crippen LogP contribution in [0.25, 0.3) is 0 Å². The molecular weight excluding hydrogens is 246 g/mol. The van der Waals surface area contributed by atoms with Crippen LogP contribution in [0.1, 0.15) is 25.7 Å². The van der Waals surface area contributed by atoms with Crippen molar-refractivity contribution in [3.05, 3.63) is 0 Å². The Balaban J connectivity index is 2.34. The van der Waals surface area contributed by atoms with Gasteiger partial charge in [-0.25, -0.2) is 0 Å². The lowest BCUT2D eigenvalue weighted by molar-refractivity contribution is -0.142. The van der Waals surface area contributed by atoms with Crippen molar-refractivity contribution in [2.45, 2.75) is 37.8 Å². The number of nitrogens with two attached hydrogens (primary N) is 1. The zero-order valence-corrected chi connectivity index (χ0v) is 12.1. The molecule has 0 radical (unpaired) electrons. The van der Waals surface area contributed by atoms with Crippen LogP contribution in [0, 0.1) is 0 Å². The SMILES string of the molecule is COC(=O)C(N)CCC(=O)N(C)C1CCN(C)CC1. The Morgan fingerprint density at radius 2 is 2.00 bits per heavy atom. The van der Waals surface area contributed by atoms with E-state index in [1.807, 2.05) is 7.05 Å². The molecule has 1 aliphatic rings. The van der Waals surface area contributed by atoms with Gasteiger partial charge in [-0.15, -0.1) is 0 Å². The Morgan fingerprint density at radius 1 is 1.42 bits per heavy atom. The van der Waals surface area contributed by atoms with Crippen LogP contribution in [0.15, 0.2) is 0 Å². The van der Waals surface area contributed by atoms with E-state index < -0.39 is 12.0 Å². The van der Waals surface area contributed by atoms with Crippen LogP contribution in [0.3, 0.4) is 0 Å². The van der Waals surface area contributed by atoms with Crippen LogP contribution in [0.5, 0.6) is 0 Å². The summed E-state index contributed by atoms with van der Waals surface area (Å²) in [6, 6.07) is -0.405. The number of hydrogen-bond donors (Lipinski definition) is 1. The van der Waals surface area contributed by atoms with Crippen LogP contribution in [-0.2, 0) is 14.3 Å². The van der Waals surface area contributed by atoms with Gasteiger partial charge in [0.15, 0.2) is 0 Å². The second-order valence-corrected chi connectivity index (χ2v) is 5.21. The van der Waals surface area contributed by atoms with Gasteiger partial charge in [-0.05, 0) is 39.4 Å². The fraction of sp³-hybridized carbons (Fsp3) is 0.846. The lowest BCUT2D eigenvalue weighted by atomic mass is 10.0. The van der Waals surface area contributed by atoms with Gasteiger partial charge < -0.3 is 20.3 Å². The summed E-state index contributed by atoms with van der Waals surface area (Å²) in [5.74, 6) is -0.413. The fourth-order valence-corrected chi connectivity index (χ4v) is 2.31. The van der Waals surface area contributed by atoms with Gasteiger partial charge >= 0.3 is 5.97 Å². The Kier molecular flexibility index (Phi) is 6.24. The fourth-order valence-electron chi connectivity index (χ4n) is 2.31. The summed E-state index contributed by atoms with van der Waals surface area (Å²) in [4.78, 5) is 27.3. The number of rotatable bonds is 5. The largest absolute Gasteiger partial charge is 0.468 e. The van der Waals surface area contributed by atoms with Crippen molar-refractivity contribution in [1.82, 2.24) is 9.80 Å².